The second kappa shape index (κ2) is 6.60. The van der Waals surface area contributed by atoms with E-state index >= 15 is 0 Å². The first kappa shape index (κ1) is 9.48. The second-order valence-electron chi connectivity index (χ2n) is 2.14. The number of aliphatic hydroxyl groups excluding tert-OH is 1. The van der Waals surface area contributed by atoms with E-state index < -0.39 is 14.7 Å². The zero-order valence-corrected chi connectivity index (χ0v) is 8.01. The van der Waals surface area contributed by atoms with Crippen molar-refractivity contribution in [2.45, 2.75) is 16.6 Å². The van der Waals surface area contributed by atoms with Gasteiger partial charge in [-0.3, -0.25) is 0 Å². The van der Waals surface area contributed by atoms with Gasteiger partial charge in [0.25, 0.3) is 0 Å². The van der Waals surface area contributed by atoms with Crippen LogP contribution in [0.15, 0.2) is 0 Å². The Bertz CT molecular complexity index is 57.0. The van der Waals surface area contributed by atoms with Crippen molar-refractivity contribution in [2.24, 2.45) is 0 Å². The summed E-state index contributed by atoms with van der Waals surface area (Å²) >= 11 is -0.476. The number of aliphatic hydroxyl groups is 1. The van der Waals surface area contributed by atoms with Crippen LogP contribution in [0.1, 0.15) is 0 Å². The van der Waals surface area contributed by atoms with Gasteiger partial charge in [-0.25, -0.2) is 0 Å². The van der Waals surface area contributed by atoms with Gasteiger partial charge in [0.2, 0.25) is 0 Å². The molecule has 0 saturated carbocycles. The predicted molar refractivity (Wildman–Crippen MR) is 40.2 cm³/mol. The number of hydrogen-bond acceptors (Lipinski definition) is 2. The molecule has 0 atom stereocenters. The molecule has 0 aliphatic rings. The molecule has 1 N–H and O–H groups in total. The van der Waals surface area contributed by atoms with Crippen molar-refractivity contribution >= 4 is 14.7 Å². The summed E-state index contributed by atoms with van der Waals surface area (Å²) < 4.78 is 5.08. The molecule has 0 unspecified atom stereocenters. The average Bonchev–Trinajstić information content (AvgIpc) is 1.80. The average molecular weight is 194 g/mol. The van der Waals surface area contributed by atoms with Gasteiger partial charge in [-0.15, -0.1) is 0 Å². The standard InChI is InChI=1S/C6H15AsO2/c1-7(2)3-5-9-6-4-8/h8H,3-6H2,1-2H3. The Kier molecular flexibility index (Phi) is 6.95. The van der Waals surface area contributed by atoms with Gasteiger partial charge in [0.15, 0.2) is 0 Å². The van der Waals surface area contributed by atoms with E-state index in [0.29, 0.717) is 6.61 Å². The Morgan fingerprint density at radius 2 is 2.00 bits per heavy atom. The van der Waals surface area contributed by atoms with E-state index in [1.807, 2.05) is 0 Å². The predicted octanol–water partition coefficient (Wildman–Crippen LogP) is 0.750. The Balaban J connectivity index is 2.75. The van der Waals surface area contributed by atoms with E-state index in [1.165, 1.54) is 5.21 Å². The van der Waals surface area contributed by atoms with E-state index in [1.54, 1.807) is 0 Å². The minimum absolute atomic E-state index is 0.153. The van der Waals surface area contributed by atoms with Gasteiger partial charge in [-0.1, -0.05) is 0 Å². The fraction of sp³-hybridized carbons (Fsp3) is 1.00. The van der Waals surface area contributed by atoms with Crippen LogP contribution in [0.3, 0.4) is 0 Å². The molecule has 0 bridgehead atoms. The van der Waals surface area contributed by atoms with E-state index in [4.69, 9.17) is 9.84 Å². The van der Waals surface area contributed by atoms with E-state index in [0.717, 1.165) is 6.61 Å². The maximum atomic E-state index is 8.32. The maximum absolute atomic E-state index is 8.32. The molecule has 0 radical (unpaired) electrons. The normalized spacial score (nSPS) is 10.7. The molecule has 0 aliphatic heterocycles. The van der Waals surface area contributed by atoms with Gasteiger partial charge >= 0.3 is 60.9 Å². The van der Waals surface area contributed by atoms with Crippen molar-refractivity contribution in [3.05, 3.63) is 0 Å². The van der Waals surface area contributed by atoms with Crippen LogP contribution in [0.2, 0.25) is 16.6 Å². The molecular weight excluding hydrogens is 179 g/mol. The molecule has 9 heavy (non-hydrogen) atoms. The third kappa shape index (κ3) is 8.48. The number of ether oxygens (including phenoxy) is 1. The van der Waals surface area contributed by atoms with Gasteiger partial charge in [0.1, 0.15) is 0 Å². The molecule has 0 amide bonds. The first-order valence-electron chi connectivity index (χ1n) is 3.10. The molecule has 2 nitrogen and oxygen atoms in total. The zero-order chi connectivity index (χ0) is 7.11. The molecule has 56 valence electrons. The summed E-state index contributed by atoms with van der Waals surface area (Å²) in [6, 6.07) is 0. The molecule has 0 aromatic carbocycles. The Morgan fingerprint density at radius 3 is 2.44 bits per heavy atom. The molecule has 0 aliphatic carbocycles. The van der Waals surface area contributed by atoms with Crippen molar-refractivity contribution in [3.8, 4) is 0 Å². The number of rotatable bonds is 5. The van der Waals surface area contributed by atoms with E-state index in [9.17, 15) is 0 Å². The first-order valence-corrected chi connectivity index (χ1v) is 8.18. The summed E-state index contributed by atoms with van der Waals surface area (Å²) in [6.45, 7) is 1.50. The zero-order valence-electron chi connectivity index (χ0n) is 6.13. The van der Waals surface area contributed by atoms with E-state index in [2.05, 4.69) is 11.4 Å². The van der Waals surface area contributed by atoms with Gasteiger partial charge in [0.05, 0.1) is 0 Å². The van der Waals surface area contributed by atoms with Crippen LogP contribution < -0.4 is 0 Å². The Hall–Kier alpha value is 0.478. The Labute approximate surface area is 61.5 Å². The monoisotopic (exact) mass is 194 g/mol. The Morgan fingerprint density at radius 1 is 1.33 bits per heavy atom. The van der Waals surface area contributed by atoms with Gasteiger partial charge in [0, 0.05) is 0 Å². The van der Waals surface area contributed by atoms with Crippen LogP contribution in [0.25, 0.3) is 0 Å². The van der Waals surface area contributed by atoms with Crippen LogP contribution in [0, 0.1) is 0 Å². The molecular formula is C6H15AsO2. The van der Waals surface area contributed by atoms with Crippen LogP contribution in [0.4, 0.5) is 0 Å². The van der Waals surface area contributed by atoms with Crippen molar-refractivity contribution in [1.29, 1.82) is 0 Å². The summed E-state index contributed by atoms with van der Waals surface area (Å²) in [5.74, 6) is 0. The third-order valence-corrected chi connectivity index (χ3v) is 3.18. The van der Waals surface area contributed by atoms with Gasteiger partial charge in [-0.05, 0) is 0 Å². The molecule has 0 aromatic rings. The summed E-state index contributed by atoms with van der Waals surface area (Å²) in [5.41, 5.74) is 4.60. The van der Waals surface area contributed by atoms with E-state index in [-0.39, 0.29) is 6.61 Å². The van der Waals surface area contributed by atoms with Crippen molar-refractivity contribution in [2.75, 3.05) is 19.8 Å². The second-order valence-corrected chi connectivity index (χ2v) is 7.61. The third-order valence-electron chi connectivity index (χ3n) is 0.918. The summed E-state index contributed by atoms with van der Waals surface area (Å²) in [7, 11) is 0. The van der Waals surface area contributed by atoms with Crippen LogP contribution in [-0.4, -0.2) is 39.6 Å². The summed E-state index contributed by atoms with van der Waals surface area (Å²) in [4.78, 5) is 0. The fourth-order valence-electron chi connectivity index (χ4n) is 0.414. The van der Waals surface area contributed by atoms with Crippen LogP contribution in [0.5, 0.6) is 0 Å². The molecule has 0 fully saturated rings. The quantitative estimate of drug-likeness (QED) is 0.517. The molecule has 3 heteroatoms. The van der Waals surface area contributed by atoms with Crippen molar-refractivity contribution in [1.82, 2.24) is 0 Å². The number of hydrogen-bond donors (Lipinski definition) is 1. The van der Waals surface area contributed by atoms with Crippen molar-refractivity contribution in [3.63, 3.8) is 0 Å². The SMILES string of the molecule is C[As](C)CCOCCO. The van der Waals surface area contributed by atoms with Gasteiger partial charge in [-0.2, -0.15) is 0 Å². The summed E-state index contributed by atoms with van der Waals surface area (Å²) in [6.07, 6.45) is 0. The first-order chi connectivity index (χ1) is 4.27. The minimum atomic E-state index is -0.476. The van der Waals surface area contributed by atoms with Gasteiger partial charge < -0.3 is 0 Å². The van der Waals surface area contributed by atoms with Crippen LogP contribution >= 0.6 is 0 Å². The summed E-state index contributed by atoms with van der Waals surface area (Å²) in [5, 5.41) is 9.55. The molecule has 0 saturated heterocycles. The fourth-order valence-corrected chi connectivity index (χ4v) is 1.45. The molecule has 0 aromatic heterocycles. The van der Waals surface area contributed by atoms with Crippen molar-refractivity contribution < 1.29 is 9.84 Å². The molecule has 0 heterocycles. The van der Waals surface area contributed by atoms with Crippen LogP contribution in [-0.2, 0) is 4.74 Å². The molecule has 0 rings (SSSR count). The topological polar surface area (TPSA) is 29.5 Å². The molecule has 0 spiro atoms.